The third kappa shape index (κ3) is 6.06. The fourth-order valence-corrected chi connectivity index (χ4v) is 3.31. The maximum absolute atomic E-state index is 12.8. The number of hydrogen-bond donors (Lipinski definition) is 1. The first kappa shape index (κ1) is 24.2. The molecule has 1 N–H and O–H groups in total. The summed E-state index contributed by atoms with van der Waals surface area (Å²) in [6.45, 7) is 7.73. The van der Waals surface area contributed by atoms with Crippen LogP contribution in [0.2, 0.25) is 0 Å². The topological polar surface area (TPSA) is 73.6 Å². The second-order valence-electron chi connectivity index (χ2n) is 7.49. The Labute approximate surface area is 189 Å². The lowest BCUT2D eigenvalue weighted by Crippen LogP contribution is -2.15. The van der Waals surface area contributed by atoms with Gasteiger partial charge in [0.1, 0.15) is 11.5 Å². The van der Waals surface area contributed by atoms with Crippen LogP contribution in [-0.4, -0.2) is 24.2 Å². The summed E-state index contributed by atoms with van der Waals surface area (Å²) in [4.78, 5) is 15.9. The number of hydrogen-bond acceptors (Lipinski definition) is 6. The van der Waals surface area contributed by atoms with Crippen molar-refractivity contribution < 1.29 is 31.9 Å². The van der Waals surface area contributed by atoms with Crippen molar-refractivity contribution in [1.29, 1.82) is 0 Å². The zero-order valence-corrected chi connectivity index (χ0v) is 18.8. The number of aryl methyl sites for hydroxylation is 3. The molecule has 0 bridgehead atoms. The second kappa shape index (κ2) is 9.97. The Morgan fingerprint density at radius 2 is 1.73 bits per heavy atom. The Hall–Kier alpha value is -3.49. The van der Waals surface area contributed by atoms with Crippen LogP contribution in [0.25, 0.3) is 11.5 Å². The van der Waals surface area contributed by atoms with Crippen LogP contribution in [0.5, 0.6) is 5.75 Å². The molecule has 3 aromatic rings. The number of benzene rings is 2. The SMILES string of the molecule is CCOC(=O)COc1c(C)cc(NCc2oc(-c3ccc(C(F)(F)F)cc3)nc2C)cc1C. The molecule has 9 heteroatoms. The minimum atomic E-state index is -4.39. The van der Waals surface area contributed by atoms with Crippen LogP contribution in [0.15, 0.2) is 40.8 Å². The Kier molecular flexibility index (Phi) is 7.30. The fourth-order valence-electron chi connectivity index (χ4n) is 3.31. The van der Waals surface area contributed by atoms with E-state index >= 15 is 0 Å². The minimum absolute atomic E-state index is 0.160. The zero-order valence-electron chi connectivity index (χ0n) is 18.8. The number of oxazole rings is 1. The first-order valence-corrected chi connectivity index (χ1v) is 10.4. The zero-order chi connectivity index (χ0) is 24.2. The van der Waals surface area contributed by atoms with E-state index in [1.54, 1.807) is 13.8 Å². The number of alkyl halides is 3. The van der Waals surface area contributed by atoms with Gasteiger partial charge in [-0.3, -0.25) is 0 Å². The lowest BCUT2D eigenvalue weighted by molar-refractivity contribution is -0.145. The van der Waals surface area contributed by atoms with E-state index in [0.29, 0.717) is 35.9 Å². The van der Waals surface area contributed by atoms with Crippen molar-refractivity contribution in [2.75, 3.05) is 18.5 Å². The van der Waals surface area contributed by atoms with Gasteiger partial charge in [0.05, 0.1) is 24.4 Å². The quantitative estimate of drug-likeness (QED) is 0.424. The monoisotopic (exact) mass is 462 g/mol. The van der Waals surface area contributed by atoms with Crippen molar-refractivity contribution >= 4 is 11.7 Å². The molecule has 0 fully saturated rings. The van der Waals surface area contributed by atoms with Gasteiger partial charge >= 0.3 is 12.1 Å². The van der Waals surface area contributed by atoms with Gasteiger partial charge in [-0.15, -0.1) is 0 Å². The first-order chi connectivity index (χ1) is 15.6. The molecular weight excluding hydrogens is 437 g/mol. The smallest absolute Gasteiger partial charge is 0.416 e. The van der Waals surface area contributed by atoms with E-state index in [9.17, 15) is 18.0 Å². The van der Waals surface area contributed by atoms with E-state index in [1.807, 2.05) is 26.0 Å². The fraction of sp³-hybridized carbons (Fsp3) is 0.333. The summed E-state index contributed by atoms with van der Waals surface area (Å²) < 4.78 is 54.6. The lowest BCUT2D eigenvalue weighted by Gasteiger charge is -2.14. The molecule has 0 unspecified atom stereocenters. The highest BCUT2D eigenvalue weighted by atomic mass is 19.4. The summed E-state index contributed by atoms with van der Waals surface area (Å²) in [6, 6.07) is 8.46. The summed E-state index contributed by atoms with van der Waals surface area (Å²) in [5.74, 6) is 1.02. The normalized spacial score (nSPS) is 11.4. The van der Waals surface area contributed by atoms with E-state index in [1.165, 1.54) is 12.1 Å². The molecule has 33 heavy (non-hydrogen) atoms. The number of carbonyl (C=O) groups is 1. The lowest BCUT2D eigenvalue weighted by atomic mass is 10.1. The molecule has 0 saturated carbocycles. The molecule has 176 valence electrons. The molecule has 0 aliphatic heterocycles. The summed E-state index contributed by atoms with van der Waals surface area (Å²) in [6.07, 6.45) is -4.39. The van der Waals surface area contributed by atoms with Gasteiger partial charge in [0.15, 0.2) is 6.61 Å². The molecule has 0 amide bonds. The van der Waals surface area contributed by atoms with Crippen LogP contribution in [0.3, 0.4) is 0 Å². The number of rotatable bonds is 8. The van der Waals surface area contributed by atoms with Crippen molar-refractivity contribution in [1.82, 2.24) is 4.98 Å². The van der Waals surface area contributed by atoms with Crippen LogP contribution >= 0.6 is 0 Å². The number of nitrogens with one attached hydrogen (secondary N) is 1. The molecule has 1 heterocycles. The van der Waals surface area contributed by atoms with E-state index in [2.05, 4.69) is 10.3 Å². The Morgan fingerprint density at radius 3 is 2.30 bits per heavy atom. The number of anilines is 1. The molecular formula is C24H25F3N2O4. The van der Waals surface area contributed by atoms with E-state index < -0.39 is 17.7 Å². The largest absolute Gasteiger partial charge is 0.481 e. The average molecular weight is 462 g/mol. The van der Waals surface area contributed by atoms with E-state index in [-0.39, 0.29) is 12.5 Å². The highest BCUT2D eigenvalue weighted by molar-refractivity contribution is 5.71. The average Bonchev–Trinajstić information content (AvgIpc) is 3.12. The van der Waals surface area contributed by atoms with Crippen LogP contribution in [0.1, 0.15) is 35.1 Å². The summed E-state index contributed by atoms with van der Waals surface area (Å²) in [5.41, 5.74) is 2.90. The van der Waals surface area contributed by atoms with Crippen LogP contribution in [-0.2, 0) is 22.3 Å². The standard InChI is InChI=1S/C24H25F3N2O4/c1-5-31-21(30)13-32-22-14(2)10-19(11-15(22)3)28-12-20-16(4)29-23(33-20)17-6-8-18(9-7-17)24(25,26)27/h6-11,28H,5,12-13H2,1-4H3. The van der Waals surface area contributed by atoms with Crippen molar-refractivity contribution in [2.24, 2.45) is 0 Å². The third-order valence-corrected chi connectivity index (χ3v) is 4.90. The van der Waals surface area contributed by atoms with Gasteiger partial charge in [0, 0.05) is 11.3 Å². The van der Waals surface area contributed by atoms with Crippen LogP contribution in [0, 0.1) is 20.8 Å². The highest BCUT2D eigenvalue weighted by Gasteiger charge is 2.30. The van der Waals surface area contributed by atoms with Crippen LogP contribution in [0.4, 0.5) is 18.9 Å². The summed E-state index contributed by atoms with van der Waals surface area (Å²) in [7, 11) is 0. The van der Waals surface area contributed by atoms with Gasteiger partial charge in [0.2, 0.25) is 5.89 Å². The number of ether oxygens (including phenoxy) is 2. The minimum Gasteiger partial charge on any atom is -0.481 e. The molecule has 0 aliphatic carbocycles. The van der Waals surface area contributed by atoms with Crippen molar-refractivity contribution in [2.45, 2.75) is 40.4 Å². The molecule has 3 rings (SSSR count). The van der Waals surface area contributed by atoms with Crippen molar-refractivity contribution in [3.8, 4) is 17.2 Å². The van der Waals surface area contributed by atoms with Gasteiger partial charge in [-0.2, -0.15) is 13.2 Å². The third-order valence-electron chi connectivity index (χ3n) is 4.90. The Bertz CT molecular complexity index is 1100. The van der Waals surface area contributed by atoms with E-state index in [4.69, 9.17) is 13.9 Å². The van der Waals surface area contributed by atoms with Crippen molar-refractivity contribution in [3.05, 3.63) is 64.5 Å². The summed E-state index contributed by atoms with van der Waals surface area (Å²) in [5, 5.41) is 3.26. The predicted molar refractivity (Wildman–Crippen MR) is 117 cm³/mol. The first-order valence-electron chi connectivity index (χ1n) is 10.4. The molecule has 0 radical (unpaired) electrons. The Balaban J connectivity index is 1.68. The van der Waals surface area contributed by atoms with Gasteiger partial charge < -0.3 is 19.2 Å². The molecule has 1 aromatic heterocycles. The van der Waals surface area contributed by atoms with Gasteiger partial charge in [-0.1, -0.05) is 0 Å². The van der Waals surface area contributed by atoms with E-state index in [0.717, 1.165) is 28.9 Å². The molecule has 0 aliphatic rings. The van der Waals surface area contributed by atoms with Crippen LogP contribution < -0.4 is 10.1 Å². The maximum atomic E-state index is 12.8. The highest BCUT2D eigenvalue weighted by Crippen LogP contribution is 2.32. The molecule has 0 atom stereocenters. The number of esters is 1. The molecule has 2 aromatic carbocycles. The predicted octanol–water partition coefficient (Wildman–Crippen LogP) is 5.84. The van der Waals surface area contributed by atoms with Gasteiger partial charge in [-0.25, -0.2) is 9.78 Å². The Morgan fingerprint density at radius 1 is 1.09 bits per heavy atom. The molecule has 0 spiro atoms. The number of carbonyl (C=O) groups excluding carboxylic acids is 1. The number of halogens is 3. The number of aromatic nitrogens is 1. The number of nitrogens with zero attached hydrogens (tertiary/aromatic N) is 1. The van der Waals surface area contributed by atoms with Gasteiger partial charge in [-0.05, 0) is 75.2 Å². The summed E-state index contributed by atoms with van der Waals surface area (Å²) >= 11 is 0. The molecule has 6 nitrogen and oxygen atoms in total. The molecule has 0 saturated heterocycles. The second-order valence-corrected chi connectivity index (χ2v) is 7.49. The maximum Gasteiger partial charge on any atom is 0.416 e. The van der Waals surface area contributed by atoms with Crippen molar-refractivity contribution in [3.63, 3.8) is 0 Å². The van der Waals surface area contributed by atoms with Gasteiger partial charge in [0.25, 0.3) is 0 Å².